The molecule has 5 heteroatoms. The summed E-state index contributed by atoms with van der Waals surface area (Å²) in [6, 6.07) is 3.76. The number of hydrogen-bond acceptors (Lipinski definition) is 2. The van der Waals surface area contributed by atoms with Crippen LogP contribution in [-0.2, 0) is 0 Å². The summed E-state index contributed by atoms with van der Waals surface area (Å²) in [6.07, 6.45) is 4.26. The van der Waals surface area contributed by atoms with Gasteiger partial charge in [-0.15, -0.1) is 0 Å². The molecule has 1 N–H and O–H groups in total. The van der Waals surface area contributed by atoms with Crippen molar-refractivity contribution in [2.75, 3.05) is 11.9 Å². The molecular weight excluding hydrogens is 313 g/mol. The maximum absolute atomic E-state index is 13.0. The molecule has 0 bridgehead atoms. The second-order valence-corrected chi connectivity index (χ2v) is 5.58. The Morgan fingerprint density at radius 3 is 2.68 bits per heavy atom. The van der Waals surface area contributed by atoms with Crippen LogP contribution in [0, 0.1) is 5.82 Å². The summed E-state index contributed by atoms with van der Waals surface area (Å²) >= 11 is 3.35. The van der Waals surface area contributed by atoms with E-state index in [0.717, 1.165) is 31.7 Å². The van der Waals surface area contributed by atoms with Gasteiger partial charge in [0.15, 0.2) is 0 Å². The molecule has 1 aromatic rings. The molecule has 1 aromatic carbocycles. The quantitative estimate of drug-likeness (QED) is 0.861. The largest absolute Gasteiger partial charge is 0.507 e. The predicted molar refractivity (Wildman–Crippen MR) is 75.2 cm³/mol. The number of halogens is 2. The average molecular weight is 330 g/mol. The number of amides is 1. The minimum atomic E-state index is -0.540. The first kappa shape index (κ1) is 14.3. The third-order valence-electron chi connectivity index (χ3n) is 3.54. The Labute approximate surface area is 120 Å². The van der Waals surface area contributed by atoms with E-state index in [1.54, 1.807) is 4.90 Å². The Morgan fingerprint density at radius 2 is 2.11 bits per heavy atom. The first-order valence-electron chi connectivity index (χ1n) is 6.49. The van der Waals surface area contributed by atoms with Gasteiger partial charge in [-0.1, -0.05) is 28.8 Å². The number of nitrogens with zero attached hydrogens (tertiary/aromatic N) is 1. The molecule has 0 saturated heterocycles. The number of aromatic hydroxyl groups is 1. The summed E-state index contributed by atoms with van der Waals surface area (Å²) in [4.78, 5) is 14.3. The van der Waals surface area contributed by atoms with Crippen molar-refractivity contribution in [3.63, 3.8) is 0 Å². The van der Waals surface area contributed by atoms with Gasteiger partial charge in [-0.05, 0) is 25.0 Å². The molecule has 0 aliphatic heterocycles. The van der Waals surface area contributed by atoms with Crippen LogP contribution in [0.4, 0.5) is 4.39 Å². The van der Waals surface area contributed by atoms with Crippen LogP contribution >= 0.6 is 15.9 Å². The molecule has 0 unspecified atom stereocenters. The van der Waals surface area contributed by atoms with Gasteiger partial charge < -0.3 is 10.0 Å². The van der Waals surface area contributed by atoms with Crippen molar-refractivity contribution in [2.45, 2.75) is 31.7 Å². The first-order chi connectivity index (χ1) is 9.13. The predicted octanol–water partition coefficient (Wildman–Crippen LogP) is 3.31. The zero-order chi connectivity index (χ0) is 13.8. The van der Waals surface area contributed by atoms with Crippen molar-refractivity contribution < 1.29 is 14.3 Å². The Morgan fingerprint density at radius 1 is 1.42 bits per heavy atom. The van der Waals surface area contributed by atoms with Crippen LogP contribution < -0.4 is 0 Å². The van der Waals surface area contributed by atoms with E-state index < -0.39 is 5.82 Å². The van der Waals surface area contributed by atoms with Crippen LogP contribution in [0.3, 0.4) is 0 Å². The molecule has 3 nitrogen and oxygen atoms in total. The highest BCUT2D eigenvalue weighted by Gasteiger charge is 2.28. The molecule has 1 amide bonds. The lowest BCUT2D eigenvalue weighted by Gasteiger charge is -2.28. The van der Waals surface area contributed by atoms with Crippen LogP contribution in [0.5, 0.6) is 5.75 Å². The lowest BCUT2D eigenvalue weighted by atomic mass is 10.1. The monoisotopic (exact) mass is 329 g/mol. The van der Waals surface area contributed by atoms with E-state index >= 15 is 0 Å². The molecule has 0 atom stereocenters. The molecule has 1 saturated carbocycles. The van der Waals surface area contributed by atoms with Crippen LogP contribution in [0.15, 0.2) is 18.2 Å². The molecule has 19 heavy (non-hydrogen) atoms. The Balaban J connectivity index is 2.22. The normalized spacial score (nSPS) is 15.7. The highest BCUT2D eigenvalue weighted by molar-refractivity contribution is 9.09. The van der Waals surface area contributed by atoms with Gasteiger partial charge in [-0.3, -0.25) is 4.79 Å². The van der Waals surface area contributed by atoms with Gasteiger partial charge in [-0.25, -0.2) is 4.39 Å². The molecule has 0 heterocycles. The van der Waals surface area contributed by atoms with E-state index in [-0.39, 0.29) is 23.3 Å². The Hall–Kier alpha value is -1.10. The first-order valence-corrected chi connectivity index (χ1v) is 7.61. The van der Waals surface area contributed by atoms with Gasteiger partial charge in [0.05, 0.1) is 5.56 Å². The van der Waals surface area contributed by atoms with Crippen LogP contribution in [0.1, 0.15) is 36.0 Å². The second-order valence-electron chi connectivity index (χ2n) is 4.79. The average Bonchev–Trinajstić information content (AvgIpc) is 2.89. The van der Waals surface area contributed by atoms with Gasteiger partial charge in [0.2, 0.25) is 0 Å². The number of carbonyl (C=O) groups excluding carboxylic acids is 1. The molecule has 0 radical (unpaired) electrons. The number of phenols is 1. The Kier molecular flexibility index (Phi) is 4.80. The van der Waals surface area contributed by atoms with E-state index in [1.165, 1.54) is 12.1 Å². The third kappa shape index (κ3) is 3.26. The van der Waals surface area contributed by atoms with Crippen LogP contribution in [0.2, 0.25) is 0 Å². The van der Waals surface area contributed by atoms with E-state index in [1.807, 2.05) is 0 Å². The number of carbonyl (C=O) groups is 1. The summed E-state index contributed by atoms with van der Waals surface area (Å²) in [5, 5.41) is 10.4. The van der Waals surface area contributed by atoms with Crippen molar-refractivity contribution >= 4 is 21.8 Å². The maximum Gasteiger partial charge on any atom is 0.257 e. The van der Waals surface area contributed by atoms with Gasteiger partial charge in [0.25, 0.3) is 5.91 Å². The molecule has 1 fully saturated rings. The molecule has 104 valence electrons. The fourth-order valence-electron chi connectivity index (χ4n) is 2.60. The lowest BCUT2D eigenvalue weighted by molar-refractivity contribution is 0.0693. The highest BCUT2D eigenvalue weighted by atomic mass is 79.9. The third-order valence-corrected chi connectivity index (χ3v) is 3.90. The van der Waals surface area contributed by atoms with Gasteiger partial charge in [0.1, 0.15) is 11.6 Å². The second kappa shape index (κ2) is 6.37. The van der Waals surface area contributed by atoms with Crippen molar-refractivity contribution in [1.29, 1.82) is 0 Å². The van der Waals surface area contributed by atoms with Crippen molar-refractivity contribution in [3.05, 3.63) is 29.6 Å². The Bertz CT molecular complexity index is 461. The highest BCUT2D eigenvalue weighted by Crippen LogP contribution is 2.27. The molecule has 2 rings (SSSR count). The van der Waals surface area contributed by atoms with Crippen molar-refractivity contribution in [2.24, 2.45) is 0 Å². The number of phenolic OH excluding ortho intramolecular Hbond substituents is 1. The molecular formula is C14H17BrFNO2. The van der Waals surface area contributed by atoms with Gasteiger partial charge in [0, 0.05) is 24.0 Å². The fourth-order valence-corrected chi connectivity index (χ4v) is 2.98. The molecule has 1 aliphatic carbocycles. The summed E-state index contributed by atoms with van der Waals surface area (Å²) in [5.41, 5.74) is 0.175. The topological polar surface area (TPSA) is 40.5 Å². The van der Waals surface area contributed by atoms with E-state index in [2.05, 4.69) is 15.9 Å². The van der Waals surface area contributed by atoms with E-state index in [4.69, 9.17) is 0 Å². The number of rotatable bonds is 4. The summed E-state index contributed by atoms with van der Waals surface area (Å²) < 4.78 is 13.0. The van der Waals surface area contributed by atoms with E-state index in [9.17, 15) is 14.3 Å². The fraction of sp³-hybridized carbons (Fsp3) is 0.500. The van der Waals surface area contributed by atoms with Crippen molar-refractivity contribution in [1.82, 2.24) is 4.90 Å². The number of alkyl halides is 1. The van der Waals surface area contributed by atoms with Crippen LogP contribution in [0.25, 0.3) is 0 Å². The van der Waals surface area contributed by atoms with Gasteiger partial charge >= 0.3 is 0 Å². The smallest absolute Gasteiger partial charge is 0.257 e. The maximum atomic E-state index is 13.0. The zero-order valence-corrected chi connectivity index (χ0v) is 12.2. The van der Waals surface area contributed by atoms with E-state index in [0.29, 0.717) is 11.9 Å². The summed E-state index contributed by atoms with van der Waals surface area (Å²) in [6.45, 7) is 0.598. The molecule has 0 spiro atoms. The summed E-state index contributed by atoms with van der Waals surface area (Å²) in [7, 11) is 0. The lowest BCUT2D eigenvalue weighted by Crippen LogP contribution is -2.40. The minimum Gasteiger partial charge on any atom is -0.507 e. The molecule has 0 aromatic heterocycles. The SMILES string of the molecule is O=C(c1ccc(F)cc1O)N(CCBr)C1CCCC1. The summed E-state index contributed by atoms with van der Waals surface area (Å²) in [5.74, 6) is -1.05. The standard InChI is InChI=1S/C14H17BrFNO2/c15-7-8-17(11-3-1-2-4-11)14(19)12-6-5-10(16)9-13(12)18/h5-6,9,11,18H,1-4,7-8H2. The zero-order valence-electron chi connectivity index (χ0n) is 10.6. The minimum absolute atomic E-state index is 0.175. The number of benzene rings is 1. The molecule has 1 aliphatic rings. The van der Waals surface area contributed by atoms with Crippen molar-refractivity contribution in [3.8, 4) is 5.75 Å². The van der Waals surface area contributed by atoms with Crippen LogP contribution in [-0.4, -0.2) is 33.8 Å². The van der Waals surface area contributed by atoms with Gasteiger partial charge in [-0.2, -0.15) is 0 Å². The number of hydrogen-bond donors (Lipinski definition) is 1.